The summed E-state index contributed by atoms with van der Waals surface area (Å²) < 4.78 is 14.0. The van der Waals surface area contributed by atoms with Crippen molar-refractivity contribution in [3.8, 4) is 0 Å². The van der Waals surface area contributed by atoms with Gasteiger partial charge in [0.15, 0.2) is 7.43 Å². The van der Waals surface area contributed by atoms with Gasteiger partial charge in [0.05, 0.1) is 11.8 Å². The maximum absolute atomic E-state index is 6.53. The fourth-order valence-electron chi connectivity index (χ4n) is 2.69. The molecule has 118 valence electrons. The van der Waals surface area contributed by atoms with E-state index in [9.17, 15) is 0 Å². The van der Waals surface area contributed by atoms with E-state index in [1.54, 1.807) is 0 Å². The molecule has 0 saturated carbocycles. The van der Waals surface area contributed by atoms with Gasteiger partial charge in [-0.05, 0) is 38.3 Å². The number of hydrogen-bond donors (Lipinski definition) is 0. The fraction of sp³-hybridized carbons (Fsp3) is 0.647. The van der Waals surface area contributed by atoms with Gasteiger partial charge in [0.1, 0.15) is 0 Å². The Balaban J connectivity index is 2.45. The standard InChI is InChI=1S/C17H29N2OP/c1-16(2,3)15-13-19(17(4,5)6)21(7,20-15)18-14-11-9-8-10-12-14/h8-12,15H,13H2,1-7H3. The summed E-state index contributed by atoms with van der Waals surface area (Å²) in [6.45, 7) is 16.6. The fourth-order valence-corrected chi connectivity index (χ4v) is 5.95. The maximum atomic E-state index is 6.53. The molecular formula is C17H29N2OP. The smallest absolute Gasteiger partial charge is 0.156 e. The summed E-state index contributed by atoms with van der Waals surface area (Å²) in [6.07, 6.45) is 0.225. The zero-order valence-electron chi connectivity index (χ0n) is 14.4. The number of hydrogen-bond acceptors (Lipinski definition) is 2. The topological polar surface area (TPSA) is 24.8 Å². The first-order valence-electron chi connectivity index (χ1n) is 7.64. The highest BCUT2D eigenvalue weighted by Gasteiger charge is 2.46. The first kappa shape index (κ1) is 16.7. The van der Waals surface area contributed by atoms with E-state index in [4.69, 9.17) is 9.27 Å². The molecule has 2 rings (SSSR count). The van der Waals surface area contributed by atoms with Crippen molar-refractivity contribution in [1.29, 1.82) is 0 Å². The predicted octanol–water partition coefficient (Wildman–Crippen LogP) is 5.52. The van der Waals surface area contributed by atoms with Crippen molar-refractivity contribution in [3.63, 3.8) is 0 Å². The van der Waals surface area contributed by atoms with Crippen molar-refractivity contribution in [3.05, 3.63) is 30.3 Å². The van der Waals surface area contributed by atoms with Crippen molar-refractivity contribution in [2.24, 2.45) is 10.2 Å². The van der Waals surface area contributed by atoms with E-state index < -0.39 is 7.43 Å². The van der Waals surface area contributed by atoms with E-state index in [1.165, 1.54) is 0 Å². The summed E-state index contributed by atoms with van der Waals surface area (Å²) in [6, 6.07) is 10.2. The molecule has 1 aliphatic heterocycles. The van der Waals surface area contributed by atoms with E-state index in [2.05, 4.69) is 65.0 Å². The third kappa shape index (κ3) is 3.77. The van der Waals surface area contributed by atoms with Crippen LogP contribution in [-0.2, 0) is 4.52 Å². The molecule has 1 aromatic carbocycles. The van der Waals surface area contributed by atoms with Crippen LogP contribution < -0.4 is 0 Å². The molecule has 1 saturated heterocycles. The number of rotatable bonds is 1. The minimum atomic E-state index is -1.97. The second-order valence-corrected chi connectivity index (χ2v) is 10.5. The van der Waals surface area contributed by atoms with Gasteiger partial charge in [-0.15, -0.1) is 0 Å². The monoisotopic (exact) mass is 308 g/mol. The van der Waals surface area contributed by atoms with Gasteiger partial charge in [0, 0.05) is 18.7 Å². The van der Waals surface area contributed by atoms with Crippen molar-refractivity contribution >= 4 is 13.1 Å². The van der Waals surface area contributed by atoms with Crippen molar-refractivity contribution in [1.82, 2.24) is 4.67 Å². The Labute approximate surface area is 129 Å². The third-order valence-corrected chi connectivity index (χ3v) is 6.83. The summed E-state index contributed by atoms with van der Waals surface area (Å²) in [5.74, 6) is 0. The molecule has 0 amide bonds. The van der Waals surface area contributed by atoms with Gasteiger partial charge < -0.3 is 4.52 Å². The zero-order valence-corrected chi connectivity index (χ0v) is 15.3. The molecule has 0 bridgehead atoms. The molecule has 4 heteroatoms. The second-order valence-electron chi connectivity index (χ2n) is 7.98. The lowest BCUT2D eigenvalue weighted by Crippen LogP contribution is -2.39. The van der Waals surface area contributed by atoms with Crippen LogP contribution in [0.5, 0.6) is 0 Å². The Morgan fingerprint density at radius 1 is 1.10 bits per heavy atom. The van der Waals surface area contributed by atoms with Gasteiger partial charge in [-0.25, -0.2) is 9.42 Å². The first-order chi connectivity index (χ1) is 9.52. The number of nitrogens with zero attached hydrogens (tertiary/aromatic N) is 2. The van der Waals surface area contributed by atoms with Crippen molar-refractivity contribution < 1.29 is 4.52 Å². The predicted molar refractivity (Wildman–Crippen MR) is 92.2 cm³/mol. The lowest BCUT2D eigenvalue weighted by Gasteiger charge is -2.36. The van der Waals surface area contributed by atoms with Crippen LogP contribution in [-0.4, -0.2) is 29.5 Å². The summed E-state index contributed by atoms with van der Waals surface area (Å²) >= 11 is 0. The van der Waals surface area contributed by atoms with E-state index in [1.807, 2.05) is 18.2 Å². The lowest BCUT2D eigenvalue weighted by atomic mass is 9.89. The molecule has 0 N–H and O–H groups in total. The molecule has 2 unspecified atom stereocenters. The van der Waals surface area contributed by atoms with Gasteiger partial charge >= 0.3 is 0 Å². The Kier molecular flexibility index (Phi) is 4.41. The molecule has 0 aliphatic carbocycles. The van der Waals surface area contributed by atoms with E-state index in [0.717, 1.165) is 12.2 Å². The van der Waals surface area contributed by atoms with Gasteiger partial charge in [-0.3, -0.25) is 0 Å². The summed E-state index contributed by atoms with van der Waals surface area (Å²) in [4.78, 5) is 0. The van der Waals surface area contributed by atoms with E-state index in [-0.39, 0.29) is 17.1 Å². The van der Waals surface area contributed by atoms with E-state index >= 15 is 0 Å². The van der Waals surface area contributed by atoms with E-state index in [0.29, 0.717) is 0 Å². The molecule has 1 fully saturated rings. The van der Waals surface area contributed by atoms with Crippen molar-refractivity contribution in [2.75, 3.05) is 13.2 Å². The summed E-state index contributed by atoms with van der Waals surface area (Å²) in [5, 5.41) is 0. The molecule has 0 aromatic heterocycles. The number of benzene rings is 1. The van der Waals surface area contributed by atoms with Gasteiger partial charge in [0.25, 0.3) is 0 Å². The Morgan fingerprint density at radius 3 is 2.14 bits per heavy atom. The van der Waals surface area contributed by atoms with Gasteiger partial charge in [-0.1, -0.05) is 39.0 Å². The molecule has 2 atom stereocenters. The molecule has 0 spiro atoms. The van der Waals surface area contributed by atoms with Crippen molar-refractivity contribution in [2.45, 2.75) is 53.2 Å². The summed E-state index contributed by atoms with van der Waals surface area (Å²) in [5.41, 5.74) is 1.20. The Hall–Kier alpha value is -0.630. The average Bonchev–Trinajstić information content (AvgIpc) is 2.67. The third-order valence-electron chi connectivity index (χ3n) is 3.91. The molecule has 0 radical (unpaired) electrons. The maximum Gasteiger partial charge on any atom is 0.156 e. The average molecular weight is 308 g/mol. The largest absolute Gasteiger partial charge is 0.327 e. The molecule has 1 aromatic rings. The highest BCUT2D eigenvalue weighted by molar-refractivity contribution is 7.58. The second kappa shape index (κ2) is 5.53. The molecule has 3 nitrogen and oxygen atoms in total. The minimum absolute atomic E-state index is 0.0564. The van der Waals surface area contributed by atoms with Crippen LogP contribution in [0, 0.1) is 5.41 Å². The Bertz CT molecular complexity index is 540. The normalized spacial score (nSPS) is 27.9. The lowest BCUT2D eigenvalue weighted by molar-refractivity contribution is 0.112. The highest BCUT2D eigenvalue weighted by atomic mass is 31.2. The first-order valence-corrected chi connectivity index (χ1v) is 9.70. The van der Waals surface area contributed by atoms with Crippen LogP contribution in [0.3, 0.4) is 0 Å². The molecular weight excluding hydrogens is 279 g/mol. The molecule has 1 heterocycles. The van der Waals surface area contributed by atoms with Crippen LogP contribution >= 0.6 is 7.43 Å². The van der Waals surface area contributed by atoms with Crippen LogP contribution in [0.4, 0.5) is 5.69 Å². The van der Waals surface area contributed by atoms with Crippen LogP contribution in [0.25, 0.3) is 0 Å². The van der Waals surface area contributed by atoms with Crippen LogP contribution in [0.1, 0.15) is 41.5 Å². The van der Waals surface area contributed by atoms with Gasteiger partial charge in [0.2, 0.25) is 0 Å². The summed E-state index contributed by atoms with van der Waals surface area (Å²) in [7, 11) is -1.97. The Morgan fingerprint density at radius 2 is 1.67 bits per heavy atom. The highest BCUT2D eigenvalue weighted by Crippen LogP contribution is 2.62. The molecule has 21 heavy (non-hydrogen) atoms. The van der Waals surface area contributed by atoms with Crippen LogP contribution in [0.15, 0.2) is 35.1 Å². The van der Waals surface area contributed by atoms with Gasteiger partial charge in [-0.2, -0.15) is 0 Å². The zero-order chi connectivity index (χ0) is 15.9. The molecule has 1 aliphatic rings. The minimum Gasteiger partial charge on any atom is -0.327 e. The van der Waals surface area contributed by atoms with Crippen LogP contribution in [0.2, 0.25) is 0 Å². The SMILES string of the molecule is CC(C)(C)C1CN(C(C)(C)C)P(C)(=Nc2ccccc2)O1. The quantitative estimate of drug-likeness (QED) is 0.638.